The van der Waals surface area contributed by atoms with Gasteiger partial charge in [0.1, 0.15) is 11.5 Å². The Balaban J connectivity index is 1.82. The number of nitrogens with zero attached hydrogens (tertiary/aromatic N) is 3. The molecule has 1 aromatic heterocycles. The average Bonchev–Trinajstić information content (AvgIpc) is 2.89. The first kappa shape index (κ1) is 26.6. The van der Waals surface area contributed by atoms with Crippen molar-refractivity contribution in [3.05, 3.63) is 87.7 Å². The second-order valence-corrected chi connectivity index (χ2v) is 9.27. The van der Waals surface area contributed by atoms with Gasteiger partial charge >= 0.3 is 5.97 Å². The normalized spacial score (nSPS) is 12.3. The first-order valence-corrected chi connectivity index (χ1v) is 12.5. The van der Waals surface area contributed by atoms with Crippen molar-refractivity contribution in [2.24, 2.45) is 5.10 Å². The highest BCUT2D eigenvalue weighted by molar-refractivity contribution is 5.82. The van der Waals surface area contributed by atoms with Gasteiger partial charge in [-0.15, -0.1) is 0 Å². The minimum Gasteiger partial charge on any atom is -0.494 e. The van der Waals surface area contributed by atoms with Gasteiger partial charge < -0.3 is 14.6 Å². The van der Waals surface area contributed by atoms with Crippen LogP contribution in [0.4, 0.5) is 0 Å². The van der Waals surface area contributed by atoms with Gasteiger partial charge in [0.15, 0.2) is 11.9 Å². The standard InChI is InChI=1S/C30H31N3O5/c1-6-37-27-15-19(4)25(16-24(27)18(2)3)28-32-26-10-8-7-9-23(26)29(34)33(28)31-17-21-11-13-22(14-12-21)38-20(5)30(35)36/h7-18,20H,6H2,1-5H3,(H,35,36)/t20-/m1/s1. The van der Waals surface area contributed by atoms with Gasteiger partial charge in [-0.25, -0.2) is 9.78 Å². The number of benzene rings is 3. The van der Waals surface area contributed by atoms with Gasteiger partial charge in [-0.3, -0.25) is 4.79 Å². The summed E-state index contributed by atoms with van der Waals surface area (Å²) >= 11 is 0. The van der Waals surface area contributed by atoms with E-state index < -0.39 is 12.1 Å². The fraction of sp³-hybridized carbons (Fsp3) is 0.267. The number of hydrogen-bond acceptors (Lipinski definition) is 6. The summed E-state index contributed by atoms with van der Waals surface area (Å²) in [6, 6.07) is 18.0. The molecule has 4 aromatic rings. The van der Waals surface area contributed by atoms with Crippen molar-refractivity contribution >= 4 is 23.1 Å². The Bertz CT molecular complexity index is 1560. The molecular weight excluding hydrogens is 482 g/mol. The van der Waals surface area contributed by atoms with Crippen molar-refractivity contribution in [3.63, 3.8) is 0 Å². The summed E-state index contributed by atoms with van der Waals surface area (Å²) in [5.41, 5.74) is 3.75. The zero-order valence-electron chi connectivity index (χ0n) is 22.1. The van der Waals surface area contributed by atoms with Crippen LogP contribution in [0.2, 0.25) is 0 Å². The van der Waals surface area contributed by atoms with E-state index in [9.17, 15) is 9.59 Å². The quantitative estimate of drug-likeness (QED) is 0.291. The second kappa shape index (κ2) is 11.3. The SMILES string of the molecule is CCOc1cc(C)c(-c2nc3ccccc3c(=O)n2N=Cc2ccc(O[C@H](C)C(=O)O)cc2)cc1C(C)C. The van der Waals surface area contributed by atoms with Crippen LogP contribution in [0.15, 0.2) is 70.6 Å². The third-order valence-electron chi connectivity index (χ3n) is 6.14. The first-order valence-electron chi connectivity index (χ1n) is 12.5. The number of aromatic nitrogens is 2. The largest absolute Gasteiger partial charge is 0.494 e. The van der Waals surface area contributed by atoms with Crippen molar-refractivity contribution in [1.29, 1.82) is 0 Å². The molecule has 0 aliphatic rings. The van der Waals surface area contributed by atoms with Gasteiger partial charge in [0.2, 0.25) is 0 Å². The first-order chi connectivity index (χ1) is 18.2. The summed E-state index contributed by atoms with van der Waals surface area (Å²) in [6.07, 6.45) is 0.603. The molecule has 0 saturated heterocycles. The molecule has 8 heteroatoms. The molecule has 8 nitrogen and oxygen atoms in total. The molecule has 196 valence electrons. The summed E-state index contributed by atoms with van der Waals surface area (Å²) < 4.78 is 12.6. The Kier molecular flexibility index (Phi) is 7.90. The maximum absolute atomic E-state index is 13.6. The molecular formula is C30H31N3O5. The molecule has 0 aliphatic heterocycles. The molecule has 0 radical (unpaired) electrons. The molecule has 1 atom stereocenters. The Morgan fingerprint density at radius 2 is 1.82 bits per heavy atom. The van der Waals surface area contributed by atoms with Crippen LogP contribution in [0.3, 0.4) is 0 Å². The number of carboxylic acid groups (broad SMARTS) is 1. The lowest BCUT2D eigenvalue weighted by Gasteiger charge is -2.18. The number of rotatable bonds is 9. The number of aliphatic carboxylic acids is 1. The molecule has 0 bridgehead atoms. The minimum atomic E-state index is -1.04. The number of ether oxygens (including phenoxy) is 2. The molecule has 0 saturated carbocycles. The Morgan fingerprint density at radius 3 is 2.47 bits per heavy atom. The van der Waals surface area contributed by atoms with Crippen LogP contribution in [0.25, 0.3) is 22.3 Å². The molecule has 0 spiro atoms. The molecule has 0 unspecified atom stereocenters. The van der Waals surface area contributed by atoms with E-state index in [1.807, 2.05) is 38.1 Å². The van der Waals surface area contributed by atoms with Crippen molar-refractivity contribution in [3.8, 4) is 22.9 Å². The van der Waals surface area contributed by atoms with Gasteiger partial charge in [-0.1, -0.05) is 26.0 Å². The molecule has 0 aliphatic carbocycles. The summed E-state index contributed by atoms with van der Waals surface area (Å²) in [5.74, 6) is 0.832. The van der Waals surface area contributed by atoms with Gasteiger partial charge in [0, 0.05) is 5.56 Å². The lowest BCUT2D eigenvalue weighted by atomic mass is 9.96. The van der Waals surface area contributed by atoms with Crippen molar-refractivity contribution < 1.29 is 19.4 Å². The van der Waals surface area contributed by atoms with Crippen LogP contribution in [0.1, 0.15) is 50.3 Å². The molecule has 3 aromatic carbocycles. The zero-order chi connectivity index (χ0) is 27.4. The molecule has 4 rings (SSSR count). The number of para-hydroxylation sites is 1. The highest BCUT2D eigenvalue weighted by atomic mass is 16.5. The predicted molar refractivity (Wildman–Crippen MR) is 149 cm³/mol. The van der Waals surface area contributed by atoms with E-state index in [0.717, 1.165) is 22.4 Å². The zero-order valence-corrected chi connectivity index (χ0v) is 22.1. The molecule has 1 N–H and O–H groups in total. The number of hydrogen-bond donors (Lipinski definition) is 1. The highest BCUT2D eigenvalue weighted by Gasteiger charge is 2.18. The predicted octanol–water partition coefficient (Wildman–Crippen LogP) is 5.63. The van der Waals surface area contributed by atoms with Crippen molar-refractivity contribution in [2.75, 3.05) is 6.61 Å². The number of carboxylic acids is 1. The van der Waals surface area contributed by atoms with E-state index in [1.54, 1.807) is 42.6 Å². The van der Waals surface area contributed by atoms with E-state index in [0.29, 0.717) is 34.6 Å². The lowest BCUT2D eigenvalue weighted by molar-refractivity contribution is -0.144. The van der Waals surface area contributed by atoms with E-state index >= 15 is 0 Å². The molecule has 0 fully saturated rings. The van der Waals surface area contributed by atoms with Crippen LogP contribution < -0.4 is 15.0 Å². The molecule has 0 amide bonds. The topological polar surface area (TPSA) is 103 Å². The van der Waals surface area contributed by atoms with Gasteiger partial charge in [-0.2, -0.15) is 9.78 Å². The smallest absolute Gasteiger partial charge is 0.344 e. The van der Waals surface area contributed by atoms with E-state index in [1.165, 1.54) is 11.6 Å². The molecule has 1 heterocycles. The van der Waals surface area contributed by atoms with Crippen LogP contribution in [0.5, 0.6) is 11.5 Å². The summed E-state index contributed by atoms with van der Waals surface area (Å²) in [5, 5.41) is 14.1. The molecule has 38 heavy (non-hydrogen) atoms. The highest BCUT2D eigenvalue weighted by Crippen LogP contribution is 2.34. The van der Waals surface area contributed by atoms with E-state index in [4.69, 9.17) is 19.6 Å². The third kappa shape index (κ3) is 5.59. The Labute approximate surface area is 221 Å². The number of carbonyl (C=O) groups is 1. The minimum absolute atomic E-state index is 0.199. The maximum Gasteiger partial charge on any atom is 0.344 e. The van der Waals surface area contributed by atoms with Crippen molar-refractivity contribution in [1.82, 2.24) is 9.66 Å². The summed E-state index contributed by atoms with van der Waals surface area (Å²) in [7, 11) is 0. The number of fused-ring (bicyclic) bond motifs is 1. The maximum atomic E-state index is 13.6. The lowest BCUT2D eigenvalue weighted by Crippen LogP contribution is -2.22. The van der Waals surface area contributed by atoms with Gasteiger partial charge in [0.25, 0.3) is 5.56 Å². The van der Waals surface area contributed by atoms with Crippen LogP contribution in [-0.2, 0) is 4.79 Å². The Morgan fingerprint density at radius 1 is 1.11 bits per heavy atom. The third-order valence-corrected chi connectivity index (χ3v) is 6.14. The summed E-state index contributed by atoms with van der Waals surface area (Å²) in [6.45, 7) is 10.1. The van der Waals surface area contributed by atoms with Crippen LogP contribution in [-0.4, -0.2) is 39.7 Å². The van der Waals surface area contributed by atoms with Gasteiger partial charge in [0.05, 0.1) is 23.7 Å². The second-order valence-electron chi connectivity index (χ2n) is 9.27. The Hall–Kier alpha value is -4.46. The summed E-state index contributed by atoms with van der Waals surface area (Å²) in [4.78, 5) is 29.5. The van der Waals surface area contributed by atoms with E-state index in [2.05, 4.69) is 18.9 Å². The van der Waals surface area contributed by atoms with Gasteiger partial charge in [-0.05, 0) is 91.9 Å². The van der Waals surface area contributed by atoms with Crippen LogP contribution in [0, 0.1) is 6.92 Å². The monoisotopic (exact) mass is 513 g/mol. The van der Waals surface area contributed by atoms with Crippen LogP contribution >= 0.6 is 0 Å². The van der Waals surface area contributed by atoms with E-state index in [-0.39, 0.29) is 11.5 Å². The fourth-order valence-electron chi connectivity index (χ4n) is 4.09. The fourth-order valence-corrected chi connectivity index (χ4v) is 4.09. The number of aryl methyl sites for hydroxylation is 1. The average molecular weight is 514 g/mol. The van der Waals surface area contributed by atoms with Crippen molar-refractivity contribution in [2.45, 2.75) is 46.6 Å².